The van der Waals surface area contributed by atoms with Gasteiger partial charge in [0.25, 0.3) is 0 Å². The summed E-state index contributed by atoms with van der Waals surface area (Å²) in [6.07, 6.45) is 5.46. The monoisotopic (exact) mass is 230 g/mol. The van der Waals surface area contributed by atoms with Crippen LogP contribution >= 0.6 is 11.8 Å². The molecule has 3 nitrogen and oxygen atoms in total. The molecule has 0 aromatic rings. The minimum atomic E-state index is 0.113. The zero-order valence-electron chi connectivity index (χ0n) is 10.0. The van der Waals surface area contributed by atoms with Gasteiger partial charge in [-0.1, -0.05) is 13.8 Å². The van der Waals surface area contributed by atoms with Gasteiger partial charge in [-0.2, -0.15) is 11.8 Å². The molecular weight excluding hydrogens is 208 g/mol. The van der Waals surface area contributed by atoms with Crippen molar-refractivity contribution < 1.29 is 4.79 Å². The smallest absolute Gasteiger partial charge is 0.317 e. The molecule has 1 rings (SSSR count). The zero-order valence-corrected chi connectivity index (χ0v) is 10.8. The Morgan fingerprint density at radius 2 is 2.13 bits per heavy atom. The van der Waals surface area contributed by atoms with Gasteiger partial charge in [0, 0.05) is 24.4 Å². The molecule has 0 aromatic carbocycles. The number of rotatable bonds is 5. The largest absolute Gasteiger partial charge is 0.338 e. The number of carbonyl (C=O) groups is 1. The maximum atomic E-state index is 11.6. The lowest BCUT2D eigenvalue weighted by atomic mass is 10.0. The second kappa shape index (κ2) is 5.64. The fourth-order valence-corrected chi connectivity index (χ4v) is 2.87. The first-order valence-electron chi connectivity index (χ1n) is 5.75. The Labute approximate surface area is 97.0 Å². The quantitative estimate of drug-likeness (QED) is 0.786. The second-order valence-corrected chi connectivity index (χ2v) is 5.38. The third-order valence-corrected chi connectivity index (χ3v) is 4.94. The van der Waals surface area contributed by atoms with Crippen molar-refractivity contribution in [3.8, 4) is 0 Å². The fourth-order valence-electron chi connectivity index (χ4n) is 2.00. The number of amides is 2. The molecule has 0 unspecified atom stereocenters. The molecule has 1 aliphatic rings. The van der Waals surface area contributed by atoms with Gasteiger partial charge in [-0.3, -0.25) is 0 Å². The molecule has 2 amide bonds. The van der Waals surface area contributed by atoms with Crippen LogP contribution in [0.25, 0.3) is 0 Å². The van der Waals surface area contributed by atoms with Crippen LogP contribution in [0.1, 0.15) is 33.1 Å². The third-order valence-electron chi connectivity index (χ3n) is 3.37. The number of urea groups is 1. The van der Waals surface area contributed by atoms with Gasteiger partial charge in [-0.15, -0.1) is 0 Å². The maximum absolute atomic E-state index is 11.6. The second-order valence-electron chi connectivity index (χ2n) is 4.10. The van der Waals surface area contributed by atoms with E-state index in [2.05, 4.69) is 25.4 Å². The van der Waals surface area contributed by atoms with E-state index in [1.807, 2.05) is 16.7 Å². The van der Waals surface area contributed by atoms with Crippen molar-refractivity contribution in [2.45, 2.75) is 37.9 Å². The first-order chi connectivity index (χ1) is 7.17. The van der Waals surface area contributed by atoms with Gasteiger partial charge in [0.05, 0.1) is 0 Å². The molecule has 0 aromatic heterocycles. The van der Waals surface area contributed by atoms with Gasteiger partial charge in [-0.05, 0) is 25.5 Å². The summed E-state index contributed by atoms with van der Waals surface area (Å²) in [5.74, 6) is 0. The average molecular weight is 230 g/mol. The van der Waals surface area contributed by atoms with E-state index in [1.165, 1.54) is 0 Å². The highest BCUT2D eigenvalue weighted by atomic mass is 32.2. The Balaban J connectivity index is 2.60. The standard InChI is InChI=1S/C11H22N2OS/c1-4-11(5-2,15-3)9-13-8-6-7-12-10(13)14/h4-9H2,1-3H3,(H,12,14). The molecule has 0 bridgehead atoms. The minimum Gasteiger partial charge on any atom is -0.338 e. The number of nitrogens with one attached hydrogen (secondary N) is 1. The highest BCUT2D eigenvalue weighted by molar-refractivity contribution is 8.00. The molecule has 1 saturated heterocycles. The average Bonchev–Trinajstić information content (AvgIpc) is 2.29. The fraction of sp³-hybridized carbons (Fsp3) is 0.909. The SMILES string of the molecule is CCC(CC)(CN1CCCNC1=O)SC. The van der Waals surface area contributed by atoms with Crippen molar-refractivity contribution >= 4 is 17.8 Å². The Bertz CT molecular complexity index is 208. The van der Waals surface area contributed by atoms with Crippen molar-refractivity contribution in [3.05, 3.63) is 0 Å². The summed E-state index contributed by atoms with van der Waals surface area (Å²) < 4.78 is 0.245. The summed E-state index contributed by atoms with van der Waals surface area (Å²) in [5.41, 5.74) is 0. The van der Waals surface area contributed by atoms with Gasteiger partial charge in [0.15, 0.2) is 0 Å². The van der Waals surface area contributed by atoms with Gasteiger partial charge in [-0.25, -0.2) is 4.79 Å². The van der Waals surface area contributed by atoms with Crippen LogP contribution in [-0.4, -0.2) is 41.6 Å². The van der Waals surface area contributed by atoms with E-state index >= 15 is 0 Å². The molecule has 0 atom stereocenters. The van der Waals surface area contributed by atoms with E-state index in [4.69, 9.17) is 0 Å². The summed E-state index contributed by atoms with van der Waals surface area (Å²) in [6, 6.07) is 0.113. The number of nitrogens with zero attached hydrogens (tertiary/aromatic N) is 1. The summed E-state index contributed by atoms with van der Waals surface area (Å²) in [7, 11) is 0. The number of hydrogen-bond donors (Lipinski definition) is 1. The number of hydrogen-bond acceptors (Lipinski definition) is 2. The molecule has 15 heavy (non-hydrogen) atoms. The maximum Gasteiger partial charge on any atom is 0.317 e. The van der Waals surface area contributed by atoms with Crippen LogP contribution in [0.4, 0.5) is 4.79 Å². The Morgan fingerprint density at radius 3 is 2.60 bits per heavy atom. The van der Waals surface area contributed by atoms with Crippen LogP contribution in [0.15, 0.2) is 0 Å². The summed E-state index contributed by atoms with van der Waals surface area (Å²) >= 11 is 1.89. The molecule has 4 heteroatoms. The van der Waals surface area contributed by atoms with E-state index in [0.29, 0.717) is 0 Å². The molecule has 1 aliphatic heterocycles. The summed E-state index contributed by atoms with van der Waals surface area (Å²) in [5, 5.41) is 2.90. The minimum absolute atomic E-state index is 0.113. The topological polar surface area (TPSA) is 32.3 Å². The first-order valence-corrected chi connectivity index (χ1v) is 6.98. The van der Waals surface area contributed by atoms with E-state index < -0.39 is 0 Å². The molecule has 88 valence electrons. The van der Waals surface area contributed by atoms with E-state index in [0.717, 1.165) is 38.9 Å². The number of thioether (sulfide) groups is 1. The lowest BCUT2D eigenvalue weighted by Gasteiger charge is -2.37. The molecular formula is C11H22N2OS. The van der Waals surface area contributed by atoms with Gasteiger partial charge in [0.1, 0.15) is 0 Å². The highest BCUT2D eigenvalue weighted by Crippen LogP contribution is 2.31. The molecule has 1 N–H and O–H groups in total. The van der Waals surface area contributed by atoms with Crippen LogP contribution in [0.5, 0.6) is 0 Å². The molecule has 0 spiro atoms. The van der Waals surface area contributed by atoms with Gasteiger partial charge >= 0.3 is 6.03 Å². The highest BCUT2D eigenvalue weighted by Gasteiger charge is 2.30. The van der Waals surface area contributed by atoms with Crippen LogP contribution in [-0.2, 0) is 0 Å². The predicted octanol–water partition coefficient (Wildman–Crippen LogP) is 2.32. The van der Waals surface area contributed by atoms with Crippen LogP contribution < -0.4 is 5.32 Å². The van der Waals surface area contributed by atoms with Gasteiger partial charge < -0.3 is 10.2 Å². The van der Waals surface area contributed by atoms with Crippen LogP contribution in [0.3, 0.4) is 0 Å². The predicted molar refractivity (Wildman–Crippen MR) is 66.4 cm³/mol. The van der Waals surface area contributed by atoms with Gasteiger partial charge in [0.2, 0.25) is 0 Å². The molecule has 0 saturated carbocycles. The van der Waals surface area contributed by atoms with Crippen LogP contribution in [0.2, 0.25) is 0 Å². The lowest BCUT2D eigenvalue weighted by molar-refractivity contribution is 0.178. The first kappa shape index (κ1) is 12.7. The van der Waals surface area contributed by atoms with Crippen LogP contribution in [0, 0.1) is 0 Å². The van der Waals surface area contributed by atoms with Crippen molar-refractivity contribution in [2.75, 3.05) is 25.9 Å². The van der Waals surface area contributed by atoms with E-state index in [1.54, 1.807) is 0 Å². The molecule has 1 heterocycles. The molecule has 0 aliphatic carbocycles. The Hall–Kier alpha value is -0.380. The zero-order chi connectivity index (χ0) is 11.3. The van der Waals surface area contributed by atoms with Crippen molar-refractivity contribution in [2.24, 2.45) is 0 Å². The molecule has 1 fully saturated rings. The van der Waals surface area contributed by atoms with E-state index in [-0.39, 0.29) is 10.8 Å². The third kappa shape index (κ3) is 3.03. The number of carbonyl (C=O) groups excluding carboxylic acids is 1. The molecule has 0 radical (unpaired) electrons. The Kier molecular flexibility index (Phi) is 4.77. The van der Waals surface area contributed by atoms with E-state index in [9.17, 15) is 4.79 Å². The van der Waals surface area contributed by atoms with Crippen molar-refractivity contribution in [1.82, 2.24) is 10.2 Å². The van der Waals surface area contributed by atoms with Crippen molar-refractivity contribution in [1.29, 1.82) is 0 Å². The summed E-state index contributed by atoms with van der Waals surface area (Å²) in [4.78, 5) is 13.6. The summed E-state index contributed by atoms with van der Waals surface area (Å²) in [6.45, 7) is 7.05. The Morgan fingerprint density at radius 1 is 1.47 bits per heavy atom. The van der Waals surface area contributed by atoms with Crippen molar-refractivity contribution in [3.63, 3.8) is 0 Å². The lowest BCUT2D eigenvalue weighted by Crippen LogP contribution is -2.51. The normalized spacial score (nSPS) is 17.8.